The van der Waals surface area contributed by atoms with Crippen molar-refractivity contribution in [3.05, 3.63) is 76.1 Å². The second-order valence-electron chi connectivity index (χ2n) is 6.28. The van der Waals surface area contributed by atoms with E-state index in [4.69, 9.17) is 0 Å². The highest BCUT2D eigenvalue weighted by atomic mass is 16.2. The molecule has 4 heteroatoms. The number of benzene rings is 2. The fraction of sp³-hybridized carbons (Fsp3) is 0.238. The molecule has 1 amide bonds. The highest BCUT2D eigenvalue weighted by Gasteiger charge is 2.17. The van der Waals surface area contributed by atoms with Gasteiger partial charge in [-0.2, -0.15) is 0 Å². The fourth-order valence-corrected chi connectivity index (χ4v) is 2.88. The van der Waals surface area contributed by atoms with Gasteiger partial charge in [0, 0.05) is 23.2 Å². The molecule has 0 spiro atoms. The number of aryl methyl sites for hydroxylation is 1. The normalized spacial score (nSPS) is 10.8. The quantitative estimate of drug-likeness (QED) is 0.761. The molecule has 0 saturated carbocycles. The molecule has 128 valence electrons. The van der Waals surface area contributed by atoms with E-state index in [9.17, 15) is 9.59 Å². The zero-order valence-corrected chi connectivity index (χ0v) is 14.6. The average Bonchev–Trinajstić information content (AvgIpc) is 2.61. The van der Waals surface area contributed by atoms with Crippen LogP contribution in [0.25, 0.3) is 10.9 Å². The van der Waals surface area contributed by atoms with Gasteiger partial charge in [-0.05, 0) is 43.0 Å². The van der Waals surface area contributed by atoms with Gasteiger partial charge in [0.2, 0.25) is 5.91 Å². The molecule has 0 unspecified atom stereocenters. The molecule has 0 fully saturated rings. The Hall–Kier alpha value is -2.88. The Labute approximate surface area is 147 Å². The topological polar surface area (TPSA) is 53.2 Å². The van der Waals surface area contributed by atoms with Crippen molar-refractivity contribution in [3.8, 4) is 0 Å². The Morgan fingerprint density at radius 3 is 2.52 bits per heavy atom. The number of hydrogen-bond acceptors (Lipinski definition) is 2. The van der Waals surface area contributed by atoms with Gasteiger partial charge in [0.15, 0.2) is 0 Å². The lowest BCUT2D eigenvalue weighted by atomic mass is 10.1. The number of anilines is 1. The van der Waals surface area contributed by atoms with Gasteiger partial charge in [0.1, 0.15) is 0 Å². The van der Waals surface area contributed by atoms with Gasteiger partial charge in [-0.3, -0.25) is 9.59 Å². The van der Waals surface area contributed by atoms with E-state index >= 15 is 0 Å². The van der Waals surface area contributed by atoms with E-state index in [-0.39, 0.29) is 18.0 Å². The van der Waals surface area contributed by atoms with Crippen LogP contribution in [0.1, 0.15) is 30.9 Å². The second-order valence-corrected chi connectivity index (χ2v) is 6.28. The summed E-state index contributed by atoms with van der Waals surface area (Å²) in [5.41, 5.74) is 3.19. The first-order valence-electron chi connectivity index (χ1n) is 8.56. The lowest BCUT2D eigenvalue weighted by Crippen LogP contribution is -2.32. The molecule has 0 aliphatic heterocycles. The van der Waals surface area contributed by atoms with Gasteiger partial charge in [-0.15, -0.1) is 0 Å². The molecular formula is C21H22N2O2. The van der Waals surface area contributed by atoms with Crippen LogP contribution >= 0.6 is 0 Å². The standard InChI is InChI=1S/C21H22N2O2/c1-3-6-20(24)23(18-11-9-15(2)10-12-18)14-17-13-16-7-4-5-8-19(16)22-21(17)25/h4-5,7-13H,3,6,14H2,1-2H3,(H,22,25). The van der Waals surface area contributed by atoms with Crippen molar-refractivity contribution in [2.75, 3.05) is 4.90 Å². The highest BCUT2D eigenvalue weighted by Crippen LogP contribution is 2.20. The first-order valence-corrected chi connectivity index (χ1v) is 8.56. The number of amides is 1. The van der Waals surface area contributed by atoms with Gasteiger partial charge >= 0.3 is 0 Å². The first kappa shape index (κ1) is 17.0. The lowest BCUT2D eigenvalue weighted by Gasteiger charge is -2.23. The van der Waals surface area contributed by atoms with E-state index in [2.05, 4.69) is 4.98 Å². The van der Waals surface area contributed by atoms with Crippen molar-refractivity contribution in [1.29, 1.82) is 0 Å². The van der Waals surface area contributed by atoms with E-state index in [1.165, 1.54) is 0 Å². The SMILES string of the molecule is CCCC(=O)N(Cc1cc2ccccc2[nH]c1=O)c1ccc(C)cc1. The van der Waals surface area contributed by atoms with Gasteiger partial charge in [0.05, 0.1) is 6.54 Å². The van der Waals surface area contributed by atoms with Crippen molar-refractivity contribution in [2.45, 2.75) is 33.2 Å². The molecule has 2 aromatic carbocycles. The number of carbonyl (C=O) groups excluding carboxylic acids is 1. The van der Waals surface area contributed by atoms with E-state index in [1.807, 2.05) is 68.4 Å². The van der Waals surface area contributed by atoms with Crippen molar-refractivity contribution in [3.63, 3.8) is 0 Å². The van der Waals surface area contributed by atoms with Crippen molar-refractivity contribution >= 4 is 22.5 Å². The molecule has 4 nitrogen and oxygen atoms in total. The minimum atomic E-state index is -0.153. The van der Waals surface area contributed by atoms with Gasteiger partial charge in [-0.1, -0.05) is 42.8 Å². The third-order valence-corrected chi connectivity index (χ3v) is 4.27. The molecule has 0 aliphatic carbocycles. The molecule has 1 N–H and O–H groups in total. The molecule has 0 radical (unpaired) electrons. The maximum Gasteiger partial charge on any atom is 0.253 e. The summed E-state index contributed by atoms with van der Waals surface area (Å²) in [6, 6.07) is 17.3. The number of H-pyrrole nitrogens is 1. The summed E-state index contributed by atoms with van der Waals surface area (Å²) < 4.78 is 0. The Morgan fingerprint density at radius 1 is 1.08 bits per heavy atom. The minimum Gasteiger partial charge on any atom is -0.322 e. The van der Waals surface area contributed by atoms with Crippen molar-refractivity contribution in [1.82, 2.24) is 4.98 Å². The highest BCUT2D eigenvalue weighted by molar-refractivity contribution is 5.93. The van der Waals surface area contributed by atoms with Crippen LogP contribution in [0.15, 0.2) is 59.4 Å². The third kappa shape index (κ3) is 3.79. The number of rotatable bonds is 5. The number of pyridine rings is 1. The number of carbonyl (C=O) groups is 1. The summed E-state index contributed by atoms with van der Waals surface area (Å²) in [4.78, 5) is 29.7. The molecule has 1 aromatic heterocycles. The average molecular weight is 334 g/mol. The van der Waals surface area contributed by atoms with Crippen molar-refractivity contribution in [2.24, 2.45) is 0 Å². The van der Waals surface area contributed by atoms with Crippen LogP contribution in [0.2, 0.25) is 0 Å². The summed E-state index contributed by atoms with van der Waals surface area (Å²) in [5.74, 6) is 0.0268. The van der Waals surface area contributed by atoms with Crippen LogP contribution in [0, 0.1) is 6.92 Å². The molecule has 3 rings (SSSR count). The van der Waals surface area contributed by atoms with Crippen LogP contribution in [0.5, 0.6) is 0 Å². The summed E-state index contributed by atoms with van der Waals surface area (Å²) in [5, 5.41) is 0.962. The first-order chi connectivity index (χ1) is 12.1. The Balaban J connectivity index is 2.00. The van der Waals surface area contributed by atoms with E-state index in [0.29, 0.717) is 12.0 Å². The number of hydrogen-bond donors (Lipinski definition) is 1. The van der Waals surface area contributed by atoms with E-state index < -0.39 is 0 Å². The van der Waals surface area contributed by atoms with Crippen LogP contribution < -0.4 is 10.5 Å². The van der Waals surface area contributed by atoms with Gasteiger partial charge in [0.25, 0.3) is 5.56 Å². The van der Waals surface area contributed by atoms with E-state index in [1.54, 1.807) is 4.90 Å². The largest absolute Gasteiger partial charge is 0.322 e. The zero-order chi connectivity index (χ0) is 17.8. The summed E-state index contributed by atoms with van der Waals surface area (Å²) in [7, 11) is 0. The van der Waals surface area contributed by atoms with Crippen LogP contribution in [0.3, 0.4) is 0 Å². The number of aromatic nitrogens is 1. The summed E-state index contributed by atoms with van der Waals surface area (Å²) in [6.45, 7) is 4.26. The Kier molecular flexibility index (Phi) is 4.98. The molecule has 1 heterocycles. The Bertz CT molecular complexity index is 942. The fourth-order valence-electron chi connectivity index (χ4n) is 2.88. The molecule has 0 atom stereocenters. The molecular weight excluding hydrogens is 312 g/mol. The second kappa shape index (κ2) is 7.34. The van der Waals surface area contributed by atoms with Gasteiger partial charge < -0.3 is 9.88 Å². The predicted octanol–water partition coefficient (Wildman–Crippen LogP) is 4.17. The maximum absolute atomic E-state index is 12.6. The summed E-state index contributed by atoms with van der Waals surface area (Å²) in [6.07, 6.45) is 1.23. The van der Waals surface area contributed by atoms with Crippen LogP contribution in [-0.2, 0) is 11.3 Å². The number of nitrogens with zero attached hydrogens (tertiary/aromatic N) is 1. The number of para-hydroxylation sites is 1. The monoisotopic (exact) mass is 334 g/mol. The smallest absolute Gasteiger partial charge is 0.253 e. The van der Waals surface area contributed by atoms with Crippen molar-refractivity contribution < 1.29 is 4.79 Å². The number of fused-ring (bicyclic) bond motifs is 1. The van der Waals surface area contributed by atoms with Crippen LogP contribution in [0.4, 0.5) is 5.69 Å². The number of aromatic amines is 1. The molecule has 0 bridgehead atoms. The molecule has 25 heavy (non-hydrogen) atoms. The maximum atomic E-state index is 12.6. The third-order valence-electron chi connectivity index (χ3n) is 4.27. The Morgan fingerprint density at radius 2 is 1.80 bits per heavy atom. The van der Waals surface area contributed by atoms with Gasteiger partial charge in [-0.25, -0.2) is 0 Å². The predicted molar refractivity (Wildman–Crippen MR) is 102 cm³/mol. The van der Waals surface area contributed by atoms with E-state index in [0.717, 1.165) is 28.6 Å². The minimum absolute atomic E-state index is 0.0268. The zero-order valence-electron chi connectivity index (χ0n) is 14.6. The lowest BCUT2D eigenvalue weighted by molar-refractivity contribution is -0.118. The summed E-state index contributed by atoms with van der Waals surface area (Å²) >= 11 is 0. The van der Waals surface area contributed by atoms with Crippen LogP contribution in [-0.4, -0.2) is 10.9 Å². The molecule has 0 saturated heterocycles. The molecule has 0 aliphatic rings. The molecule has 3 aromatic rings. The number of nitrogens with one attached hydrogen (secondary N) is 1.